The molecule has 5 nitrogen and oxygen atoms in total. The topological polar surface area (TPSA) is 54.2 Å². The van der Waals surface area contributed by atoms with Crippen molar-refractivity contribution in [1.82, 2.24) is 20.4 Å². The van der Waals surface area contributed by atoms with Gasteiger partial charge in [0.1, 0.15) is 5.82 Å². The number of halogens is 1. The van der Waals surface area contributed by atoms with E-state index in [0.717, 1.165) is 30.1 Å². The van der Waals surface area contributed by atoms with E-state index in [2.05, 4.69) is 20.7 Å². The first-order valence-corrected chi connectivity index (χ1v) is 7.41. The van der Waals surface area contributed by atoms with Gasteiger partial charge in [-0.25, -0.2) is 9.38 Å². The minimum atomic E-state index is -0.199. The van der Waals surface area contributed by atoms with Crippen LogP contribution in [0.15, 0.2) is 41.7 Å². The lowest BCUT2D eigenvalue weighted by atomic mass is 10.1. The molecule has 2 N–H and O–H groups in total. The second-order valence-corrected chi connectivity index (χ2v) is 5.02. The number of nitrogens with one attached hydrogen (secondary N) is 2. The molecule has 2 rings (SSSR count). The molecule has 0 aliphatic rings. The molecule has 0 amide bonds. The summed E-state index contributed by atoms with van der Waals surface area (Å²) >= 11 is 0. The average Bonchev–Trinajstić information content (AvgIpc) is 2.90. The number of aryl methyl sites for hydroxylation is 1. The van der Waals surface area contributed by atoms with Gasteiger partial charge in [0.15, 0.2) is 5.96 Å². The number of hydrogen-bond acceptors (Lipinski definition) is 2. The third kappa shape index (κ3) is 5.20. The molecule has 2 aromatic rings. The number of benzene rings is 1. The van der Waals surface area contributed by atoms with E-state index in [1.807, 2.05) is 26.2 Å². The van der Waals surface area contributed by atoms with E-state index >= 15 is 0 Å². The molecule has 0 aliphatic heterocycles. The summed E-state index contributed by atoms with van der Waals surface area (Å²) in [5, 5.41) is 10.6. The van der Waals surface area contributed by atoms with Crippen molar-refractivity contribution in [3.63, 3.8) is 0 Å². The first kappa shape index (κ1) is 16.0. The number of aliphatic imine (C=N–C) groups is 1. The van der Waals surface area contributed by atoms with Gasteiger partial charge in [0, 0.05) is 31.9 Å². The van der Waals surface area contributed by atoms with Crippen LogP contribution in [0.3, 0.4) is 0 Å². The molecule has 1 aromatic heterocycles. The first-order valence-electron chi connectivity index (χ1n) is 7.41. The number of rotatable bonds is 6. The molecule has 0 saturated heterocycles. The monoisotopic (exact) mass is 303 g/mol. The van der Waals surface area contributed by atoms with E-state index in [1.165, 1.54) is 6.07 Å². The Bertz CT molecular complexity index is 621. The van der Waals surface area contributed by atoms with Gasteiger partial charge in [-0.2, -0.15) is 5.10 Å². The second kappa shape index (κ2) is 8.17. The SMILES string of the molecule is CCNC(=NCc1cnn(C)c1)NCCc1cccc(F)c1. The van der Waals surface area contributed by atoms with Crippen molar-refractivity contribution in [2.75, 3.05) is 13.1 Å². The molecule has 118 valence electrons. The highest BCUT2D eigenvalue weighted by molar-refractivity contribution is 5.79. The zero-order valence-electron chi connectivity index (χ0n) is 13.0. The molecule has 0 aliphatic carbocycles. The van der Waals surface area contributed by atoms with E-state index in [9.17, 15) is 4.39 Å². The molecule has 1 heterocycles. The van der Waals surface area contributed by atoms with Crippen molar-refractivity contribution in [3.05, 3.63) is 53.6 Å². The van der Waals surface area contributed by atoms with Crippen molar-refractivity contribution in [2.45, 2.75) is 19.9 Å². The van der Waals surface area contributed by atoms with Gasteiger partial charge in [-0.05, 0) is 31.0 Å². The number of guanidine groups is 1. The van der Waals surface area contributed by atoms with E-state index < -0.39 is 0 Å². The summed E-state index contributed by atoms with van der Waals surface area (Å²) in [5.74, 6) is 0.553. The third-order valence-electron chi connectivity index (χ3n) is 3.12. The highest BCUT2D eigenvalue weighted by atomic mass is 19.1. The quantitative estimate of drug-likeness (QED) is 0.632. The smallest absolute Gasteiger partial charge is 0.191 e. The van der Waals surface area contributed by atoms with Gasteiger partial charge in [0.25, 0.3) is 0 Å². The molecule has 0 spiro atoms. The zero-order valence-corrected chi connectivity index (χ0v) is 13.0. The summed E-state index contributed by atoms with van der Waals surface area (Å²) in [7, 11) is 1.88. The Morgan fingerprint density at radius 1 is 1.32 bits per heavy atom. The molecule has 0 fully saturated rings. The Balaban J connectivity index is 1.85. The van der Waals surface area contributed by atoms with Crippen LogP contribution in [0.2, 0.25) is 0 Å². The molecule has 0 bridgehead atoms. The van der Waals surface area contributed by atoms with Crippen LogP contribution in [0.25, 0.3) is 0 Å². The summed E-state index contributed by atoms with van der Waals surface area (Å²) in [6.07, 6.45) is 4.49. The van der Waals surface area contributed by atoms with E-state index in [4.69, 9.17) is 0 Å². The van der Waals surface area contributed by atoms with Crippen LogP contribution in [0, 0.1) is 5.82 Å². The van der Waals surface area contributed by atoms with E-state index in [0.29, 0.717) is 13.1 Å². The average molecular weight is 303 g/mol. The Morgan fingerprint density at radius 2 is 2.18 bits per heavy atom. The van der Waals surface area contributed by atoms with Crippen molar-refractivity contribution in [3.8, 4) is 0 Å². The van der Waals surface area contributed by atoms with Crippen LogP contribution in [0.4, 0.5) is 4.39 Å². The summed E-state index contributed by atoms with van der Waals surface area (Å²) < 4.78 is 14.9. The third-order valence-corrected chi connectivity index (χ3v) is 3.12. The molecule has 0 radical (unpaired) electrons. The Hall–Kier alpha value is -2.37. The van der Waals surface area contributed by atoms with Crippen LogP contribution in [-0.4, -0.2) is 28.8 Å². The fourth-order valence-electron chi connectivity index (χ4n) is 2.08. The molecular formula is C16H22FN5. The minimum absolute atomic E-state index is 0.199. The van der Waals surface area contributed by atoms with Crippen molar-refractivity contribution in [2.24, 2.45) is 12.0 Å². The van der Waals surface area contributed by atoms with Crippen molar-refractivity contribution in [1.29, 1.82) is 0 Å². The maximum Gasteiger partial charge on any atom is 0.191 e. The number of hydrogen-bond donors (Lipinski definition) is 2. The minimum Gasteiger partial charge on any atom is -0.357 e. The Kier molecular flexibility index (Phi) is 5.94. The lowest BCUT2D eigenvalue weighted by Gasteiger charge is -2.11. The molecule has 0 unspecified atom stereocenters. The molecule has 0 atom stereocenters. The van der Waals surface area contributed by atoms with E-state index in [-0.39, 0.29) is 5.82 Å². The molecule has 22 heavy (non-hydrogen) atoms. The van der Waals surface area contributed by atoms with Gasteiger partial charge in [-0.15, -0.1) is 0 Å². The highest BCUT2D eigenvalue weighted by Gasteiger charge is 2.00. The lowest BCUT2D eigenvalue weighted by Crippen LogP contribution is -2.38. The number of aromatic nitrogens is 2. The van der Waals surface area contributed by atoms with Gasteiger partial charge in [-0.3, -0.25) is 4.68 Å². The van der Waals surface area contributed by atoms with Crippen LogP contribution in [-0.2, 0) is 20.0 Å². The fourth-order valence-corrected chi connectivity index (χ4v) is 2.08. The lowest BCUT2D eigenvalue weighted by molar-refractivity contribution is 0.625. The summed E-state index contributed by atoms with van der Waals surface area (Å²) in [4.78, 5) is 4.51. The van der Waals surface area contributed by atoms with Crippen molar-refractivity contribution >= 4 is 5.96 Å². The normalized spacial score (nSPS) is 11.5. The van der Waals surface area contributed by atoms with Crippen molar-refractivity contribution < 1.29 is 4.39 Å². The van der Waals surface area contributed by atoms with Crippen LogP contribution in [0.5, 0.6) is 0 Å². The summed E-state index contributed by atoms with van der Waals surface area (Å²) in [6.45, 7) is 4.08. The van der Waals surface area contributed by atoms with E-state index in [1.54, 1.807) is 23.0 Å². The Morgan fingerprint density at radius 3 is 2.86 bits per heavy atom. The predicted octanol–water partition coefficient (Wildman–Crippen LogP) is 1.86. The summed E-state index contributed by atoms with van der Waals surface area (Å²) in [5.41, 5.74) is 2.03. The predicted molar refractivity (Wildman–Crippen MR) is 86.1 cm³/mol. The molecule has 6 heteroatoms. The first-order chi connectivity index (χ1) is 10.7. The van der Waals surface area contributed by atoms with Gasteiger partial charge < -0.3 is 10.6 Å². The maximum absolute atomic E-state index is 13.1. The summed E-state index contributed by atoms with van der Waals surface area (Å²) in [6, 6.07) is 6.66. The Labute approximate surface area is 130 Å². The molecule has 0 saturated carbocycles. The van der Waals surface area contributed by atoms with Crippen LogP contribution >= 0.6 is 0 Å². The van der Waals surface area contributed by atoms with Crippen LogP contribution < -0.4 is 10.6 Å². The van der Waals surface area contributed by atoms with Gasteiger partial charge in [0.2, 0.25) is 0 Å². The fraction of sp³-hybridized carbons (Fsp3) is 0.375. The maximum atomic E-state index is 13.1. The van der Waals surface area contributed by atoms with Gasteiger partial charge in [-0.1, -0.05) is 12.1 Å². The largest absolute Gasteiger partial charge is 0.357 e. The highest BCUT2D eigenvalue weighted by Crippen LogP contribution is 2.03. The second-order valence-electron chi connectivity index (χ2n) is 5.02. The molecule has 1 aromatic carbocycles. The van der Waals surface area contributed by atoms with Gasteiger partial charge in [0.05, 0.1) is 12.7 Å². The number of nitrogens with zero attached hydrogens (tertiary/aromatic N) is 3. The molecular weight excluding hydrogens is 281 g/mol. The zero-order chi connectivity index (χ0) is 15.8. The van der Waals surface area contributed by atoms with Crippen LogP contribution in [0.1, 0.15) is 18.1 Å². The van der Waals surface area contributed by atoms with Gasteiger partial charge >= 0.3 is 0 Å². The standard InChI is InChI=1S/C16H22FN5/c1-3-18-16(20-10-14-11-21-22(2)12-14)19-8-7-13-5-4-6-15(17)9-13/h4-6,9,11-12H,3,7-8,10H2,1-2H3,(H2,18,19,20).